The van der Waals surface area contributed by atoms with Gasteiger partial charge in [-0.15, -0.1) is 0 Å². The average molecular weight is 343 g/mol. The Morgan fingerprint density at radius 1 is 1.50 bits per heavy atom. The fraction of sp³-hybridized carbons (Fsp3) is 0.500. The summed E-state index contributed by atoms with van der Waals surface area (Å²) < 4.78 is 14.2. The van der Waals surface area contributed by atoms with E-state index < -0.39 is 11.4 Å². The van der Waals surface area contributed by atoms with Crippen LogP contribution in [0.4, 0.5) is 10.1 Å². The topological polar surface area (TPSA) is 52.6 Å². The first-order valence-electron chi connectivity index (χ1n) is 6.66. The van der Waals surface area contributed by atoms with Gasteiger partial charge < -0.3 is 10.4 Å². The molecule has 1 saturated heterocycles. The van der Waals surface area contributed by atoms with Crippen LogP contribution in [0.15, 0.2) is 22.7 Å². The van der Waals surface area contributed by atoms with Gasteiger partial charge in [-0.25, -0.2) is 4.39 Å². The van der Waals surface area contributed by atoms with Gasteiger partial charge in [0.1, 0.15) is 5.82 Å². The Balaban J connectivity index is 1.50. The summed E-state index contributed by atoms with van der Waals surface area (Å²) in [6.07, 6.45) is 2.17. The van der Waals surface area contributed by atoms with Gasteiger partial charge in [-0.1, -0.05) is 15.9 Å². The summed E-state index contributed by atoms with van der Waals surface area (Å²) >= 11 is 3.17. The number of anilines is 1. The van der Waals surface area contributed by atoms with Crippen molar-refractivity contribution in [2.75, 3.05) is 25.0 Å². The smallest absolute Gasteiger partial charge is 0.238 e. The van der Waals surface area contributed by atoms with Gasteiger partial charge in [0, 0.05) is 17.6 Å². The van der Waals surface area contributed by atoms with Gasteiger partial charge in [0.25, 0.3) is 0 Å². The Hall–Kier alpha value is -0.980. The van der Waals surface area contributed by atoms with E-state index in [2.05, 4.69) is 21.2 Å². The predicted octanol–water partition coefficient (Wildman–Crippen LogP) is 1.98. The summed E-state index contributed by atoms with van der Waals surface area (Å²) in [4.78, 5) is 13.7. The number of nitrogens with one attached hydrogen (secondary N) is 1. The molecule has 1 aliphatic carbocycles. The summed E-state index contributed by atoms with van der Waals surface area (Å²) in [6, 6.07) is 4.51. The second-order valence-electron chi connectivity index (χ2n) is 5.70. The molecule has 0 unspecified atom stereocenters. The number of halogens is 2. The van der Waals surface area contributed by atoms with Crippen LogP contribution in [0.25, 0.3) is 0 Å². The molecular formula is C14H16BrFN2O2. The molecule has 0 bridgehead atoms. The van der Waals surface area contributed by atoms with E-state index in [0.29, 0.717) is 23.5 Å². The lowest BCUT2D eigenvalue weighted by atomic mass is 9.89. The molecule has 2 N–H and O–H groups in total. The number of rotatable bonds is 4. The minimum atomic E-state index is -0.594. The molecule has 6 heteroatoms. The quantitative estimate of drug-likeness (QED) is 0.879. The van der Waals surface area contributed by atoms with Crippen LogP contribution < -0.4 is 5.32 Å². The molecule has 0 spiro atoms. The van der Waals surface area contributed by atoms with Crippen LogP contribution in [0.3, 0.4) is 0 Å². The summed E-state index contributed by atoms with van der Waals surface area (Å²) in [5.74, 6) is -0.319. The monoisotopic (exact) mass is 342 g/mol. The molecule has 20 heavy (non-hydrogen) atoms. The first-order valence-corrected chi connectivity index (χ1v) is 7.45. The van der Waals surface area contributed by atoms with Crippen LogP contribution in [-0.2, 0) is 4.79 Å². The van der Waals surface area contributed by atoms with Crippen molar-refractivity contribution in [1.29, 1.82) is 0 Å². The van der Waals surface area contributed by atoms with Gasteiger partial charge in [-0.2, -0.15) is 0 Å². The molecule has 3 rings (SSSR count). The number of amides is 1. The van der Waals surface area contributed by atoms with E-state index >= 15 is 0 Å². The third-order valence-electron chi connectivity index (χ3n) is 3.90. The molecule has 1 aromatic rings. The molecular weight excluding hydrogens is 327 g/mol. The molecule has 0 aromatic heterocycles. The highest BCUT2D eigenvalue weighted by molar-refractivity contribution is 9.10. The number of hydrogen-bond donors (Lipinski definition) is 2. The largest absolute Gasteiger partial charge is 0.387 e. The molecule has 0 radical (unpaired) electrons. The van der Waals surface area contributed by atoms with Crippen LogP contribution in [0.1, 0.15) is 12.8 Å². The number of nitrogens with zero attached hydrogens (tertiary/aromatic N) is 1. The zero-order valence-corrected chi connectivity index (χ0v) is 12.5. The molecule has 2 fully saturated rings. The Kier molecular flexibility index (Phi) is 3.56. The first-order chi connectivity index (χ1) is 9.46. The maximum atomic E-state index is 13.6. The molecule has 0 atom stereocenters. The summed E-state index contributed by atoms with van der Waals surface area (Å²) in [5.41, 5.74) is -0.417. The minimum Gasteiger partial charge on any atom is -0.387 e. The highest BCUT2D eigenvalue weighted by Gasteiger charge is 2.51. The zero-order chi connectivity index (χ0) is 14.3. The lowest BCUT2D eigenvalue weighted by molar-refractivity contribution is -0.132. The SMILES string of the molecule is O=C(CN1CC(O)(C2CC2)C1)Nc1ccc(Br)cc1F. The van der Waals surface area contributed by atoms with Crippen LogP contribution in [0, 0.1) is 11.7 Å². The average Bonchev–Trinajstić information content (AvgIpc) is 3.15. The third-order valence-corrected chi connectivity index (χ3v) is 4.40. The van der Waals surface area contributed by atoms with Crippen LogP contribution in [0.5, 0.6) is 0 Å². The number of β-amino-alcohol motifs (C(OH)–C–C–N with tert-alkyl or cyclic N) is 1. The number of carbonyl (C=O) groups is 1. The summed E-state index contributed by atoms with van der Waals surface area (Å²) in [7, 11) is 0. The van der Waals surface area contributed by atoms with E-state index in [-0.39, 0.29) is 18.1 Å². The molecule has 2 aliphatic rings. The van der Waals surface area contributed by atoms with Gasteiger partial charge in [0.15, 0.2) is 0 Å². The Morgan fingerprint density at radius 2 is 2.20 bits per heavy atom. The van der Waals surface area contributed by atoms with Crippen LogP contribution in [-0.4, -0.2) is 41.1 Å². The second-order valence-corrected chi connectivity index (χ2v) is 6.61. The fourth-order valence-electron chi connectivity index (χ4n) is 2.70. The van der Waals surface area contributed by atoms with Crippen molar-refractivity contribution in [1.82, 2.24) is 4.90 Å². The predicted molar refractivity (Wildman–Crippen MR) is 76.8 cm³/mol. The standard InChI is InChI=1S/C14H16BrFN2O2/c15-10-3-4-12(11(16)5-10)17-13(19)6-18-7-14(20,8-18)9-1-2-9/h3-5,9,20H,1-2,6-8H2,(H,17,19). The van der Waals surface area contributed by atoms with Gasteiger partial charge >= 0.3 is 0 Å². The lowest BCUT2D eigenvalue weighted by Crippen LogP contribution is -2.64. The molecule has 4 nitrogen and oxygen atoms in total. The molecule has 1 saturated carbocycles. The van der Waals surface area contributed by atoms with Gasteiger partial charge in [-0.3, -0.25) is 9.69 Å². The van der Waals surface area contributed by atoms with Crippen molar-refractivity contribution in [2.45, 2.75) is 18.4 Å². The van der Waals surface area contributed by atoms with E-state index in [0.717, 1.165) is 12.8 Å². The highest BCUT2D eigenvalue weighted by atomic mass is 79.9. The maximum absolute atomic E-state index is 13.6. The van der Waals surface area contributed by atoms with E-state index in [1.54, 1.807) is 6.07 Å². The normalized spacial score (nSPS) is 21.4. The first kappa shape index (κ1) is 14.0. The zero-order valence-electron chi connectivity index (χ0n) is 10.9. The van der Waals surface area contributed by atoms with Gasteiger partial charge in [0.2, 0.25) is 5.91 Å². The summed E-state index contributed by atoms with van der Waals surface area (Å²) in [5, 5.41) is 12.7. The van der Waals surface area contributed by atoms with Crippen molar-refractivity contribution in [2.24, 2.45) is 5.92 Å². The molecule has 1 heterocycles. The molecule has 1 aromatic carbocycles. The molecule has 1 aliphatic heterocycles. The second kappa shape index (κ2) is 5.09. The number of likely N-dealkylation sites (tertiary alicyclic amines) is 1. The van der Waals surface area contributed by atoms with Crippen molar-refractivity contribution in [3.05, 3.63) is 28.5 Å². The molecule has 1 amide bonds. The van der Waals surface area contributed by atoms with E-state index in [4.69, 9.17) is 0 Å². The van der Waals surface area contributed by atoms with E-state index in [9.17, 15) is 14.3 Å². The summed E-state index contributed by atoms with van der Waals surface area (Å²) in [6.45, 7) is 1.26. The van der Waals surface area contributed by atoms with Gasteiger partial charge in [0.05, 0.1) is 17.8 Å². The lowest BCUT2D eigenvalue weighted by Gasteiger charge is -2.46. The van der Waals surface area contributed by atoms with Crippen LogP contribution >= 0.6 is 15.9 Å². The Bertz CT molecular complexity index is 542. The van der Waals surface area contributed by atoms with Crippen LogP contribution in [0.2, 0.25) is 0 Å². The number of hydrogen-bond acceptors (Lipinski definition) is 3. The molecule has 108 valence electrons. The van der Waals surface area contributed by atoms with Crippen molar-refractivity contribution >= 4 is 27.5 Å². The maximum Gasteiger partial charge on any atom is 0.238 e. The van der Waals surface area contributed by atoms with Gasteiger partial charge in [-0.05, 0) is 37.0 Å². The number of benzene rings is 1. The van der Waals surface area contributed by atoms with E-state index in [1.165, 1.54) is 12.1 Å². The Labute approximate surface area is 125 Å². The minimum absolute atomic E-state index is 0.177. The number of aliphatic hydroxyl groups is 1. The number of carbonyl (C=O) groups excluding carboxylic acids is 1. The highest BCUT2D eigenvalue weighted by Crippen LogP contribution is 2.44. The van der Waals surface area contributed by atoms with E-state index in [1.807, 2.05) is 4.90 Å². The third kappa shape index (κ3) is 2.87. The van der Waals surface area contributed by atoms with Crippen molar-refractivity contribution in [3.8, 4) is 0 Å². The Morgan fingerprint density at radius 3 is 2.80 bits per heavy atom. The van der Waals surface area contributed by atoms with Crippen molar-refractivity contribution < 1.29 is 14.3 Å². The van der Waals surface area contributed by atoms with Crippen molar-refractivity contribution in [3.63, 3.8) is 0 Å². The fourth-order valence-corrected chi connectivity index (χ4v) is 3.04.